The Morgan fingerprint density at radius 1 is 1.40 bits per heavy atom. The Kier molecular flexibility index (Phi) is 4.82. The number of hydrogen-bond acceptors (Lipinski definition) is 4. The minimum Gasteiger partial charge on any atom is -0.481 e. The SMILES string of the molecule is CCN(C(=O)NC1CCOC1C)C1COCC1C(=O)O. The molecule has 4 unspecified atom stereocenters. The molecule has 0 bridgehead atoms. The van der Waals surface area contributed by atoms with Gasteiger partial charge in [0.15, 0.2) is 0 Å². The van der Waals surface area contributed by atoms with Gasteiger partial charge in [-0.2, -0.15) is 0 Å². The van der Waals surface area contributed by atoms with E-state index < -0.39 is 17.9 Å². The Balaban J connectivity index is 1.99. The van der Waals surface area contributed by atoms with Crippen molar-refractivity contribution in [1.29, 1.82) is 0 Å². The fourth-order valence-corrected chi connectivity index (χ4v) is 2.78. The number of nitrogens with one attached hydrogen (secondary N) is 1. The molecule has 2 amide bonds. The number of ether oxygens (including phenoxy) is 2. The number of carboxylic acid groups (broad SMARTS) is 1. The summed E-state index contributed by atoms with van der Waals surface area (Å²) in [6, 6.07) is -0.658. The predicted octanol–water partition coefficient (Wildman–Crippen LogP) is 0.295. The molecule has 2 N–H and O–H groups in total. The van der Waals surface area contributed by atoms with Crippen molar-refractivity contribution in [3.63, 3.8) is 0 Å². The standard InChI is InChI=1S/C13H22N2O5/c1-3-15(11-7-19-6-9(11)12(16)17)13(18)14-10-4-5-20-8(10)2/h8-11H,3-7H2,1-2H3,(H,14,18)(H,16,17). The van der Waals surface area contributed by atoms with Crippen LogP contribution in [-0.2, 0) is 14.3 Å². The summed E-state index contributed by atoms with van der Waals surface area (Å²) >= 11 is 0. The maximum Gasteiger partial charge on any atom is 0.318 e. The molecule has 0 aromatic rings. The van der Waals surface area contributed by atoms with E-state index in [0.29, 0.717) is 13.2 Å². The third kappa shape index (κ3) is 3.04. The van der Waals surface area contributed by atoms with E-state index in [9.17, 15) is 14.7 Å². The largest absolute Gasteiger partial charge is 0.481 e. The summed E-state index contributed by atoms with van der Waals surface area (Å²) in [5, 5.41) is 12.1. The Hall–Kier alpha value is -1.34. The normalized spacial score (nSPS) is 33.1. The van der Waals surface area contributed by atoms with E-state index in [-0.39, 0.29) is 31.4 Å². The zero-order valence-corrected chi connectivity index (χ0v) is 11.9. The molecule has 0 spiro atoms. The van der Waals surface area contributed by atoms with Gasteiger partial charge in [0.25, 0.3) is 0 Å². The number of nitrogens with zero attached hydrogens (tertiary/aromatic N) is 1. The Morgan fingerprint density at radius 2 is 2.15 bits per heavy atom. The lowest BCUT2D eigenvalue weighted by atomic mass is 10.0. The van der Waals surface area contributed by atoms with E-state index in [1.54, 1.807) is 4.90 Å². The minimum absolute atomic E-state index is 0.00671. The molecule has 0 aromatic heterocycles. The number of carbonyl (C=O) groups excluding carboxylic acids is 1. The van der Waals surface area contributed by atoms with Crippen molar-refractivity contribution >= 4 is 12.0 Å². The Labute approximate surface area is 118 Å². The van der Waals surface area contributed by atoms with Gasteiger partial charge in [-0.25, -0.2) is 4.79 Å². The summed E-state index contributed by atoms with van der Waals surface area (Å²) in [6.45, 7) is 5.29. The first-order valence-electron chi connectivity index (χ1n) is 7.03. The van der Waals surface area contributed by atoms with Crippen LogP contribution in [0.1, 0.15) is 20.3 Å². The smallest absolute Gasteiger partial charge is 0.318 e. The third-order valence-corrected chi connectivity index (χ3v) is 4.05. The highest BCUT2D eigenvalue weighted by Crippen LogP contribution is 2.21. The zero-order valence-electron chi connectivity index (χ0n) is 11.9. The lowest BCUT2D eigenvalue weighted by Gasteiger charge is -2.31. The molecule has 2 aliphatic rings. The van der Waals surface area contributed by atoms with Crippen LogP contribution in [0.15, 0.2) is 0 Å². The first kappa shape index (κ1) is 15.1. The van der Waals surface area contributed by atoms with Crippen LogP contribution in [0, 0.1) is 5.92 Å². The first-order valence-corrected chi connectivity index (χ1v) is 7.03. The van der Waals surface area contributed by atoms with E-state index in [1.165, 1.54) is 0 Å². The molecule has 7 heteroatoms. The molecule has 4 atom stereocenters. The number of amides is 2. The molecule has 2 aliphatic heterocycles. The predicted molar refractivity (Wildman–Crippen MR) is 70.5 cm³/mol. The van der Waals surface area contributed by atoms with Gasteiger partial charge in [0, 0.05) is 13.2 Å². The van der Waals surface area contributed by atoms with Gasteiger partial charge in [-0.05, 0) is 20.3 Å². The number of urea groups is 1. The molecule has 0 aliphatic carbocycles. The molecule has 20 heavy (non-hydrogen) atoms. The number of carbonyl (C=O) groups is 2. The van der Waals surface area contributed by atoms with Crippen molar-refractivity contribution in [3.05, 3.63) is 0 Å². The van der Waals surface area contributed by atoms with Crippen LogP contribution < -0.4 is 5.32 Å². The van der Waals surface area contributed by atoms with Crippen LogP contribution in [0.25, 0.3) is 0 Å². The van der Waals surface area contributed by atoms with Crippen molar-refractivity contribution in [3.8, 4) is 0 Å². The van der Waals surface area contributed by atoms with Crippen molar-refractivity contribution < 1.29 is 24.2 Å². The van der Waals surface area contributed by atoms with E-state index in [0.717, 1.165) is 6.42 Å². The van der Waals surface area contributed by atoms with Crippen LogP contribution in [-0.4, -0.2) is 66.6 Å². The number of carboxylic acids is 1. The molecule has 2 heterocycles. The van der Waals surface area contributed by atoms with Crippen LogP contribution in [0.5, 0.6) is 0 Å². The molecule has 0 radical (unpaired) electrons. The minimum atomic E-state index is -0.920. The van der Waals surface area contributed by atoms with Gasteiger partial charge in [-0.15, -0.1) is 0 Å². The van der Waals surface area contributed by atoms with Gasteiger partial charge in [-0.3, -0.25) is 4.79 Å². The number of likely N-dealkylation sites (N-methyl/N-ethyl adjacent to an activating group) is 1. The van der Waals surface area contributed by atoms with E-state index in [1.807, 2.05) is 13.8 Å². The molecule has 7 nitrogen and oxygen atoms in total. The van der Waals surface area contributed by atoms with Crippen molar-refractivity contribution in [1.82, 2.24) is 10.2 Å². The maximum absolute atomic E-state index is 12.3. The summed E-state index contributed by atoms with van der Waals surface area (Å²) in [6.07, 6.45) is 0.779. The topological polar surface area (TPSA) is 88.1 Å². The Morgan fingerprint density at radius 3 is 2.70 bits per heavy atom. The fraction of sp³-hybridized carbons (Fsp3) is 0.846. The second-order valence-electron chi connectivity index (χ2n) is 5.26. The summed E-state index contributed by atoms with van der Waals surface area (Å²) < 4.78 is 10.6. The molecule has 0 saturated carbocycles. The molecule has 114 valence electrons. The quantitative estimate of drug-likeness (QED) is 0.776. The first-order chi connectivity index (χ1) is 9.54. The van der Waals surface area contributed by atoms with Crippen molar-refractivity contribution in [2.45, 2.75) is 38.5 Å². The van der Waals surface area contributed by atoms with Gasteiger partial charge < -0.3 is 24.8 Å². The molecule has 2 fully saturated rings. The van der Waals surface area contributed by atoms with Crippen LogP contribution in [0.4, 0.5) is 4.79 Å². The fourth-order valence-electron chi connectivity index (χ4n) is 2.78. The van der Waals surface area contributed by atoms with Gasteiger partial charge in [0.2, 0.25) is 0 Å². The third-order valence-electron chi connectivity index (χ3n) is 4.05. The van der Waals surface area contributed by atoms with Crippen molar-refractivity contribution in [2.24, 2.45) is 5.92 Å². The lowest BCUT2D eigenvalue weighted by molar-refractivity contribution is -0.142. The van der Waals surface area contributed by atoms with Gasteiger partial charge in [0.05, 0.1) is 31.4 Å². The maximum atomic E-state index is 12.3. The van der Waals surface area contributed by atoms with Crippen LogP contribution in [0.2, 0.25) is 0 Å². The highest BCUT2D eigenvalue weighted by atomic mass is 16.5. The van der Waals surface area contributed by atoms with E-state index in [2.05, 4.69) is 5.32 Å². The number of rotatable bonds is 4. The summed E-state index contributed by atoms with van der Waals surface area (Å²) in [7, 11) is 0. The molecule has 0 aromatic carbocycles. The molecule has 2 rings (SSSR count). The molecule has 2 saturated heterocycles. The van der Waals surface area contributed by atoms with E-state index >= 15 is 0 Å². The van der Waals surface area contributed by atoms with Gasteiger partial charge >= 0.3 is 12.0 Å². The number of hydrogen-bond donors (Lipinski definition) is 2. The van der Waals surface area contributed by atoms with Gasteiger partial charge in [0.1, 0.15) is 5.92 Å². The highest BCUT2D eigenvalue weighted by molar-refractivity contribution is 5.77. The molecular weight excluding hydrogens is 264 g/mol. The monoisotopic (exact) mass is 286 g/mol. The summed E-state index contributed by atoms with van der Waals surface area (Å²) in [4.78, 5) is 25.1. The average Bonchev–Trinajstić information content (AvgIpc) is 3.01. The second kappa shape index (κ2) is 6.41. The average molecular weight is 286 g/mol. The zero-order chi connectivity index (χ0) is 14.7. The highest BCUT2D eigenvalue weighted by Gasteiger charge is 2.40. The van der Waals surface area contributed by atoms with Gasteiger partial charge in [-0.1, -0.05) is 0 Å². The van der Waals surface area contributed by atoms with Crippen LogP contribution in [0.3, 0.4) is 0 Å². The lowest BCUT2D eigenvalue weighted by Crippen LogP contribution is -2.53. The second-order valence-corrected chi connectivity index (χ2v) is 5.26. The number of aliphatic carboxylic acids is 1. The Bertz CT molecular complexity index is 376. The summed E-state index contributed by atoms with van der Waals surface area (Å²) in [5.74, 6) is -1.57. The van der Waals surface area contributed by atoms with E-state index in [4.69, 9.17) is 9.47 Å². The van der Waals surface area contributed by atoms with Crippen LogP contribution >= 0.6 is 0 Å². The van der Waals surface area contributed by atoms with Crippen molar-refractivity contribution in [2.75, 3.05) is 26.4 Å². The molecular formula is C13H22N2O5. The summed E-state index contributed by atoms with van der Waals surface area (Å²) in [5.41, 5.74) is 0.